The van der Waals surface area contributed by atoms with E-state index in [9.17, 15) is 23.8 Å². The van der Waals surface area contributed by atoms with Gasteiger partial charge < -0.3 is 10.2 Å². The normalized spacial score (nSPS) is 10.6. The molecule has 118 valence electrons. The van der Waals surface area contributed by atoms with Gasteiger partial charge in [-0.1, -0.05) is 59.3 Å². The number of alkyl halides is 1. The predicted octanol–water partition coefficient (Wildman–Crippen LogP) is 3.69. The smallest absolute Gasteiger partial charge is 0.345 e. The predicted molar refractivity (Wildman–Crippen MR) is 82.9 cm³/mol. The van der Waals surface area contributed by atoms with Crippen LogP contribution in [-0.4, -0.2) is 21.5 Å². The van der Waals surface area contributed by atoms with E-state index in [4.69, 9.17) is 0 Å². The number of carbonyl (C=O) groups is 1. The summed E-state index contributed by atoms with van der Waals surface area (Å²) in [7, 11) is 0. The minimum atomic E-state index is -2.77. The highest BCUT2D eigenvalue weighted by atomic mass is 79.9. The van der Waals surface area contributed by atoms with Gasteiger partial charge in [0, 0.05) is 16.5 Å². The van der Waals surface area contributed by atoms with Crippen molar-refractivity contribution in [2.75, 3.05) is 5.33 Å². The zero-order chi connectivity index (χ0) is 16.8. The van der Waals surface area contributed by atoms with Crippen LogP contribution in [0.1, 0.15) is 18.1 Å². The van der Waals surface area contributed by atoms with Gasteiger partial charge in [-0.15, -0.1) is 0 Å². The van der Waals surface area contributed by atoms with Crippen molar-refractivity contribution in [2.24, 2.45) is 0 Å². The van der Waals surface area contributed by atoms with Gasteiger partial charge in [-0.05, 0) is 12.1 Å². The molecule has 0 heterocycles. The monoisotopic (exact) mass is 372 g/mol. The van der Waals surface area contributed by atoms with E-state index in [0.29, 0.717) is 0 Å². The Kier molecular flexibility index (Phi) is 6.64. The van der Waals surface area contributed by atoms with Crippen LogP contribution in [0.15, 0.2) is 48.5 Å². The number of aliphatic hydroxyl groups is 1. The summed E-state index contributed by atoms with van der Waals surface area (Å²) >= 11 is 3.15. The van der Waals surface area contributed by atoms with Crippen LogP contribution in [0.25, 0.3) is 0 Å². The van der Waals surface area contributed by atoms with E-state index in [0.717, 1.165) is 29.6 Å². The largest absolute Gasteiger partial charge is 0.479 e. The van der Waals surface area contributed by atoms with Gasteiger partial charge in [0.25, 0.3) is 0 Å². The Hall–Kier alpha value is -1.79. The van der Waals surface area contributed by atoms with Crippen LogP contribution in [0.5, 0.6) is 0 Å². The summed E-state index contributed by atoms with van der Waals surface area (Å²) in [5, 5.41) is 20.6. The molecule has 0 aromatic heterocycles. The van der Waals surface area contributed by atoms with Gasteiger partial charge >= 0.3 is 5.97 Å². The second kappa shape index (κ2) is 8.00. The van der Waals surface area contributed by atoms with Crippen LogP contribution in [-0.2, 0) is 10.4 Å². The number of hydrogen-bond acceptors (Lipinski definition) is 2. The zero-order valence-electron chi connectivity index (χ0n) is 11.8. The third-order valence-corrected chi connectivity index (χ3v) is 2.84. The molecule has 22 heavy (non-hydrogen) atoms. The molecule has 0 spiro atoms. The number of benzene rings is 2. The van der Waals surface area contributed by atoms with Crippen LogP contribution in [0.4, 0.5) is 8.78 Å². The Morgan fingerprint density at radius 3 is 1.64 bits per heavy atom. The number of rotatable bonds is 3. The first-order chi connectivity index (χ1) is 10.4. The summed E-state index contributed by atoms with van der Waals surface area (Å²) in [6.07, 6.45) is 0. The van der Waals surface area contributed by atoms with Crippen molar-refractivity contribution in [3.05, 3.63) is 71.3 Å². The Bertz CT molecular complexity index is 601. The second-order valence-electron chi connectivity index (χ2n) is 4.24. The molecule has 0 saturated heterocycles. The number of carboxylic acid groups (broad SMARTS) is 1. The lowest BCUT2D eigenvalue weighted by molar-refractivity contribution is -0.155. The van der Waals surface area contributed by atoms with Crippen LogP contribution in [0.2, 0.25) is 0 Å². The van der Waals surface area contributed by atoms with Gasteiger partial charge in [0.15, 0.2) is 0 Å². The van der Waals surface area contributed by atoms with E-state index in [1.807, 2.05) is 6.92 Å². The fourth-order valence-electron chi connectivity index (χ4n) is 1.88. The van der Waals surface area contributed by atoms with Crippen LogP contribution in [0.3, 0.4) is 0 Å². The van der Waals surface area contributed by atoms with E-state index < -0.39 is 34.3 Å². The van der Waals surface area contributed by atoms with Crippen molar-refractivity contribution >= 4 is 21.9 Å². The average molecular weight is 373 g/mol. The molecule has 0 atom stereocenters. The quantitative estimate of drug-likeness (QED) is 0.807. The Balaban J connectivity index is 0.000000745. The van der Waals surface area contributed by atoms with Crippen molar-refractivity contribution in [3.63, 3.8) is 0 Å². The third-order valence-electron chi connectivity index (χ3n) is 2.84. The molecule has 2 aromatic carbocycles. The number of halogens is 3. The van der Waals surface area contributed by atoms with Crippen LogP contribution < -0.4 is 0 Å². The SMILES string of the molecule is CCBr.O=C(O)C(O)(c1ccccc1F)c1ccccc1F. The molecule has 0 unspecified atom stereocenters. The summed E-state index contributed by atoms with van der Waals surface area (Å²) in [6.45, 7) is 2.04. The number of hydrogen-bond donors (Lipinski definition) is 2. The topological polar surface area (TPSA) is 57.5 Å². The van der Waals surface area contributed by atoms with Gasteiger partial charge in [-0.25, -0.2) is 13.6 Å². The molecule has 0 saturated carbocycles. The van der Waals surface area contributed by atoms with Crippen LogP contribution in [0, 0.1) is 11.6 Å². The molecule has 2 aromatic rings. The zero-order valence-corrected chi connectivity index (χ0v) is 13.3. The fraction of sp³-hybridized carbons (Fsp3) is 0.188. The summed E-state index contributed by atoms with van der Waals surface area (Å²) in [4.78, 5) is 11.3. The average Bonchev–Trinajstić information content (AvgIpc) is 2.48. The van der Waals surface area contributed by atoms with E-state index >= 15 is 0 Å². The van der Waals surface area contributed by atoms with Gasteiger partial charge in [0.1, 0.15) is 11.6 Å². The number of aliphatic carboxylic acids is 1. The summed E-state index contributed by atoms with van der Waals surface area (Å²) in [6, 6.07) is 9.66. The Labute approximate surface area is 135 Å². The molecule has 0 aliphatic heterocycles. The first-order valence-electron chi connectivity index (χ1n) is 6.41. The van der Waals surface area contributed by atoms with Gasteiger partial charge in [-0.2, -0.15) is 0 Å². The molecule has 6 heteroatoms. The highest BCUT2D eigenvalue weighted by Crippen LogP contribution is 2.33. The maximum Gasteiger partial charge on any atom is 0.345 e. The van der Waals surface area contributed by atoms with Crippen molar-refractivity contribution in [2.45, 2.75) is 12.5 Å². The Morgan fingerprint density at radius 1 is 1.05 bits per heavy atom. The molecule has 0 amide bonds. The van der Waals surface area contributed by atoms with Crippen molar-refractivity contribution in [1.29, 1.82) is 0 Å². The van der Waals surface area contributed by atoms with E-state index in [-0.39, 0.29) is 0 Å². The molecule has 2 rings (SSSR count). The lowest BCUT2D eigenvalue weighted by Crippen LogP contribution is -2.38. The summed E-state index contributed by atoms with van der Waals surface area (Å²) < 4.78 is 27.4. The lowest BCUT2D eigenvalue weighted by Gasteiger charge is -2.25. The molecule has 0 radical (unpaired) electrons. The lowest BCUT2D eigenvalue weighted by atomic mass is 9.85. The van der Waals surface area contributed by atoms with E-state index in [1.165, 1.54) is 24.3 Å². The number of carboxylic acids is 1. The Morgan fingerprint density at radius 2 is 1.36 bits per heavy atom. The fourth-order valence-corrected chi connectivity index (χ4v) is 1.88. The molecule has 0 fully saturated rings. The van der Waals surface area contributed by atoms with Gasteiger partial charge in [-0.3, -0.25) is 0 Å². The molecule has 2 N–H and O–H groups in total. The third kappa shape index (κ3) is 3.69. The van der Waals surface area contributed by atoms with Gasteiger partial charge in [0.05, 0.1) is 0 Å². The van der Waals surface area contributed by atoms with E-state index in [2.05, 4.69) is 15.9 Å². The minimum Gasteiger partial charge on any atom is -0.479 e. The molecule has 3 nitrogen and oxygen atoms in total. The van der Waals surface area contributed by atoms with Crippen molar-refractivity contribution in [3.8, 4) is 0 Å². The summed E-state index contributed by atoms with van der Waals surface area (Å²) in [5.41, 5.74) is -3.78. The molecule has 0 bridgehead atoms. The highest BCUT2D eigenvalue weighted by Gasteiger charge is 2.44. The molecular formula is C16H15BrF2O3. The second-order valence-corrected chi connectivity index (χ2v) is 5.36. The first-order valence-corrected chi connectivity index (χ1v) is 7.53. The van der Waals surface area contributed by atoms with E-state index in [1.54, 1.807) is 0 Å². The highest BCUT2D eigenvalue weighted by molar-refractivity contribution is 9.09. The first kappa shape index (κ1) is 18.3. The molecular weight excluding hydrogens is 358 g/mol. The standard InChI is InChI=1S/C14H10F2O3.C2H5Br/c15-11-7-3-1-5-9(11)14(19,13(17)18)10-6-2-4-8-12(10)16;1-2-3/h1-8,19H,(H,17,18);2H2,1H3. The summed E-state index contributed by atoms with van der Waals surface area (Å²) in [5.74, 6) is -3.59. The van der Waals surface area contributed by atoms with Crippen LogP contribution >= 0.6 is 15.9 Å². The minimum absolute atomic E-state index is 0.507. The maximum atomic E-state index is 13.7. The van der Waals surface area contributed by atoms with Gasteiger partial charge in [0.2, 0.25) is 5.60 Å². The van der Waals surface area contributed by atoms with Crippen molar-refractivity contribution < 1.29 is 23.8 Å². The molecule has 0 aliphatic rings. The maximum absolute atomic E-state index is 13.7. The van der Waals surface area contributed by atoms with Crippen molar-refractivity contribution in [1.82, 2.24) is 0 Å². The molecule has 0 aliphatic carbocycles.